The first kappa shape index (κ1) is 32.5. The maximum absolute atomic E-state index is 13.0. The molecule has 0 atom stereocenters. The fourth-order valence-electron chi connectivity index (χ4n) is 4.94. The summed E-state index contributed by atoms with van der Waals surface area (Å²) < 4.78 is 31.2. The number of nitrogens with one attached hydrogen (secondary N) is 3. The molecule has 44 heavy (non-hydrogen) atoms. The highest BCUT2D eigenvalue weighted by atomic mass is 35.5. The number of aryl methyl sites for hydroxylation is 2. The summed E-state index contributed by atoms with van der Waals surface area (Å²) in [5.41, 5.74) is 4.72. The van der Waals surface area contributed by atoms with Gasteiger partial charge in [-0.25, -0.2) is 9.78 Å². The Morgan fingerprint density at radius 3 is 2.48 bits per heavy atom. The molecule has 234 valence electrons. The molecule has 14 heteroatoms. The summed E-state index contributed by atoms with van der Waals surface area (Å²) in [6, 6.07) is 14.1. The number of hydrogen-bond donors (Lipinski definition) is 3. The Kier molecular flexibility index (Phi) is 10.6. The average molecular weight is 632 g/mol. The van der Waals surface area contributed by atoms with Gasteiger partial charge in [-0.05, 0) is 73.1 Å². The second-order valence-electron chi connectivity index (χ2n) is 10.7. The quantitative estimate of drug-likeness (QED) is 0.295. The van der Waals surface area contributed by atoms with Gasteiger partial charge in [0.1, 0.15) is 5.02 Å². The number of anilines is 5. The van der Waals surface area contributed by atoms with Crippen LogP contribution in [0.25, 0.3) is 0 Å². The third-order valence-corrected chi connectivity index (χ3v) is 7.40. The van der Waals surface area contributed by atoms with E-state index in [1.54, 1.807) is 25.2 Å². The first-order chi connectivity index (χ1) is 20.9. The number of halogens is 4. The van der Waals surface area contributed by atoms with E-state index in [4.69, 9.17) is 16.4 Å². The van der Waals surface area contributed by atoms with Crippen LogP contribution >= 0.6 is 11.6 Å². The van der Waals surface area contributed by atoms with Crippen molar-refractivity contribution in [1.82, 2.24) is 19.8 Å². The molecule has 1 saturated heterocycles. The van der Waals surface area contributed by atoms with Crippen LogP contribution in [0.3, 0.4) is 0 Å². The summed E-state index contributed by atoms with van der Waals surface area (Å²) in [6.07, 6.45) is -0.484. The van der Waals surface area contributed by atoms with Gasteiger partial charge in [-0.2, -0.15) is 18.2 Å². The summed E-state index contributed by atoms with van der Waals surface area (Å²) >= 11 is 6.37. The van der Waals surface area contributed by atoms with Crippen molar-refractivity contribution in [3.05, 3.63) is 64.8 Å². The molecule has 0 radical (unpaired) electrons. The zero-order valence-corrected chi connectivity index (χ0v) is 25.0. The lowest BCUT2D eigenvalue weighted by molar-refractivity contribution is -0.156. The minimum absolute atomic E-state index is 0.00283. The average Bonchev–Trinajstić information content (AvgIpc) is 2.99. The summed E-state index contributed by atoms with van der Waals surface area (Å²) in [4.78, 5) is 46.2. The normalized spacial score (nSPS) is 14.6. The second-order valence-corrected chi connectivity index (χ2v) is 11.1. The number of alkyl halides is 3. The van der Waals surface area contributed by atoms with E-state index in [1.807, 2.05) is 35.2 Å². The lowest BCUT2D eigenvalue weighted by atomic mass is 9.93. The molecule has 0 spiro atoms. The van der Waals surface area contributed by atoms with Gasteiger partial charge in [-0.1, -0.05) is 23.7 Å². The summed E-state index contributed by atoms with van der Waals surface area (Å²) in [6.45, 7) is 1.36. The monoisotopic (exact) mass is 631 g/mol. The molecule has 2 aliphatic rings. The number of carbonyl (C=O) groups is 3. The van der Waals surface area contributed by atoms with Crippen molar-refractivity contribution >= 4 is 58.7 Å². The highest BCUT2D eigenvalue weighted by Gasteiger charge is 2.26. The number of hydrogen-bond acceptors (Lipinski definition) is 7. The highest BCUT2D eigenvalue weighted by Crippen LogP contribution is 2.30. The molecular weight excluding hydrogens is 599 g/mol. The van der Waals surface area contributed by atoms with Gasteiger partial charge in [0.25, 0.3) is 0 Å². The van der Waals surface area contributed by atoms with Gasteiger partial charge in [-0.3, -0.25) is 9.59 Å². The van der Waals surface area contributed by atoms with Crippen molar-refractivity contribution in [2.75, 3.05) is 43.1 Å². The molecule has 3 heterocycles. The van der Waals surface area contributed by atoms with Crippen LogP contribution in [0.4, 0.5) is 46.8 Å². The summed E-state index contributed by atoms with van der Waals surface area (Å²) in [7, 11) is 3.53. The van der Waals surface area contributed by atoms with Crippen molar-refractivity contribution in [2.24, 2.45) is 5.92 Å². The van der Waals surface area contributed by atoms with Gasteiger partial charge >= 0.3 is 12.2 Å². The Hall–Kier alpha value is -4.39. The molecule has 6 bridgehead atoms. The first-order valence-corrected chi connectivity index (χ1v) is 14.4. The molecule has 1 aromatic heterocycles. The Morgan fingerprint density at radius 2 is 1.80 bits per heavy atom. The summed E-state index contributed by atoms with van der Waals surface area (Å²) in [5.74, 6) is 1.21. The number of likely N-dealkylation sites (tertiary alicyclic amines) is 1. The van der Waals surface area contributed by atoms with Crippen LogP contribution in [-0.4, -0.2) is 71.4 Å². The van der Waals surface area contributed by atoms with Crippen LogP contribution in [0.5, 0.6) is 0 Å². The molecule has 0 unspecified atom stereocenters. The van der Waals surface area contributed by atoms with Gasteiger partial charge in [0.15, 0.2) is 5.82 Å². The van der Waals surface area contributed by atoms with Crippen molar-refractivity contribution in [2.45, 2.75) is 38.3 Å². The maximum atomic E-state index is 13.0. The van der Waals surface area contributed by atoms with Gasteiger partial charge in [-0.15, -0.1) is 0 Å². The van der Waals surface area contributed by atoms with Gasteiger partial charge in [0, 0.05) is 50.7 Å². The largest absolute Gasteiger partial charge is 0.446 e. The number of benzene rings is 2. The number of fused-ring (bicyclic) bond motifs is 6. The standard InChI is InChI=1S/C28H32ClN7O2.C2HF3O/c1-35(2)28(38)36-12-10-19(11-13-36)15-25(37)33-24-9-8-22-16-20(24)7-6-18-4-3-5-21(14-18)32-27-30-17-23(29)26(31-22)34-27;3-2(4,5)1-6/h3-5,8-9,14,16-17,19H,6-7,10-13,15H2,1-2H3,(H,33,37)(H2,30,31,32,34);1H. The zero-order chi connectivity index (χ0) is 31.9. The number of carbonyl (C=O) groups excluding carboxylic acids is 3. The smallest absolute Gasteiger partial charge is 0.339 e. The van der Waals surface area contributed by atoms with Crippen molar-refractivity contribution < 1.29 is 27.6 Å². The van der Waals surface area contributed by atoms with Gasteiger partial charge in [0.2, 0.25) is 18.1 Å². The predicted molar refractivity (Wildman–Crippen MR) is 163 cm³/mol. The lowest BCUT2D eigenvalue weighted by Gasteiger charge is -2.33. The van der Waals surface area contributed by atoms with Gasteiger partial charge < -0.3 is 25.8 Å². The highest BCUT2D eigenvalue weighted by molar-refractivity contribution is 6.32. The van der Waals surface area contributed by atoms with E-state index in [9.17, 15) is 22.8 Å². The van der Waals surface area contributed by atoms with Crippen molar-refractivity contribution in [1.29, 1.82) is 0 Å². The number of aromatic nitrogens is 2. The van der Waals surface area contributed by atoms with Crippen LogP contribution in [0.15, 0.2) is 48.7 Å². The number of piperidine rings is 1. The number of aldehydes is 1. The van der Waals surface area contributed by atoms with Crippen LogP contribution < -0.4 is 16.0 Å². The number of nitrogens with zero attached hydrogens (tertiary/aromatic N) is 4. The molecule has 0 aliphatic carbocycles. The lowest BCUT2D eigenvalue weighted by Crippen LogP contribution is -2.44. The topological polar surface area (TPSA) is 120 Å². The van der Waals surface area contributed by atoms with E-state index >= 15 is 0 Å². The SMILES string of the molecule is CN(C)C(=O)N1CCC(CC(=O)Nc2ccc3cc2CCc2cccc(c2)Nc2ncc(Cl)c(n2)N3)CC1.O=CC(F)(F)F. The van der Waals surface area contributed by atoms with Crippen molar-refractivity contribution in [3.8, 4) is 0 Å². The minimum atomic E-state index is -4.64. The van der Waals surface area contributed by atoms with E-state index in [0.717, 1.165) is 53.9 Å². The Morgan fingerprint density at radius 1 is 1.09 bits per heavy atom. The number of amides is 3. The minimum Gasteiger partial charge on any atom is -0.339 e. The van der Waals surface area contributed by atoms with E-state index < -0.39 is 12.5 Å². The Labute approximate surface area is 258 Å². The molecule has 2 aromatic carbocycles. The van der Waals surface area contributed by atoms with Crippen molar-refractivity contribution in [3.63, 3.8) is 0 Å². The Balaban J connectivity index is 0.000000670. The molecular formula is C30H33ClF3N7O3. The predicted octanol–water partition coefficient (Wildman–Crippen LogP) is 6.19. The van der Waals surface area contributed by atoms with E-state index in [0.29, 0.717) is 36.3 Å². The molecule has 3 amide bonds. The van der Waals surface area contributed by atoms with Gasteiger partial charge in [0.05, 0.1) is 6.20 Å². The first-order valence-electron chi connectivity index (χ1n) is 14.0. The fourth-order valence-corrected chi connectivity index (χ4v) is 5.08. The molecule has 10 nitrogen and oxygen atoms in total. The van der Waals surface area contributed by atoms with Crippen LogP contribution in [0.1, 0.15) is 30.4 Å². The third-order valence-electron chi connectivity index (χ3n) is 7.13. The molecule has 5 rings (SSSR count). The fraction of sp³-hybridized carbons (Fsp3) is 0.367. The molecule has 0 saturated carbocycles. The number of urea groups is 1. The van der Waals surface area contributed by atoms with Crippen LogP contribution in [0, 0.1) is 5.92 Å². The second kappa shape index (κ2) is 14.4. The number of rotatable bonds is 3. The molecule has 2 aliphatic heterocycles. The summed E-state index contributed by atoms with van der Waals surface area (Å²) in [5, 5.41) is 10.1. The van der Waals surface area contributed by atoms with Crippen LogP contribution in [0.2, 0.25) is 5.02 Å². The van der Waals surface area contributed by atoms with E-state index in [1.165, 1.54) is 0 Å². The maximum Gasteiger partial charge on any atom is 0.446 e. The molecule has 3 aromatic rings. The van der Waals surface area contributed by atoms with E-state index in [-0.39, 0.29) is 17.9 Å². The molecule has 1 fully saturated rings. The molecule has 3 N–H and O–H groups in total. The Bertz CT molecular complexity index is 1490. The van der Waals surface area contributed by atoms with Crippen LogP contribution in [-0.2, 0) is 22.4 Å². The van der Waals surface area contributed by atoms with E-state index in [2.05, 4.69) is 38.1 Å². The third kappa shape index (κ3) is 9.30. The zero-order valence-electron chi connectivity index (χ0n) is 24.2.